The summed E-state index contributed by atoms with van der Waals surface area (Å²) in [5.41, 5.74) is 5.55. The van der Waals surface area contributed by atoms with E-state index in [0.717, 1.165) is 51.2 Å². The van der Waals surface area contributed by atoms with Crippen molar-refractivity contribution in [3.63, 3.8) is 0 Å². The van der Waals surface area contributed by atoms with Crippen LogP contribution < -0.4 is 10.4 Å². The van der Waals surface area contributed by atoms with Gasteiger partial charge in [0.2, 0.25) is 0 Å². The molecule has 0 aromatic heterocycles. The van der Waals surface area contributed by atoms with Crippen molar-refractivity contribution >= 4 is 44.9 Å². The third-order valence-electron chi connectivity index (χ3n) is 8.03. The Morgan fingerprint density at radius 3 is 1.61 bits per heavy atom. The molecule has 6 rings (SSSR count). The highest BCUT2D eigenvalue weighted by atomic mass is 31.0. The summed E-state index contributed by atoms with van der Waals surface area (Å²) >= 11 is 0. The van der Waals surface area contributed by atoms with Gasteiger partial charge in [-0.1, -0.05) is 72.8 Å². The quantitative estimate of drug-likeness (QED) is 0.113. The van der Waals surface area contributed by atoms with Crippen LogP contribution in [0.4, 0.5) is 11.4 Å². The largest absolute Gasteiger partial charge is 0.478 e. The highest BCUT2D eigenvalue weighted by molar-refractivity contribution is 7.18. The Labute approximate surface area is 254 Å². The first-order valence-electron chi connectivity index (χ1n) is 13.6. The van der Waals surface area contributed by atoms with Gasteiger partial charge in [-0.3, -0.25) is 9.59 Å². The Morgan fingerprint density at radius 1 is 0.636 bits per heavy atom. The van der Waals surface area contributed by atoms with E-state index in [4.69, 9.17) is 0 Å². The third-order valence-corrected chi connectivity index (χ3v) is 8.37. The molecular weight excluding hydrogens is 575 g/mol. The summed E-state index contributed by atoms with van der Waals surface area (Å²) in [7, 11) is 2.50. The highest BCUT2D eigenvalue weighted by Crippen LogP contribution is 2.56. The molecule has 5 aromatic rings. The van der Waals surface area contributed by atoms with Crippen molar-refractivity contribution in [1.82, 2.24) is 0 Å². The Hall–Kier alpha value is -5.59. The zero-order valence-electron chi connectivity index (χ0n) is 23.1. The van der Waals surface area contributed by atoms with Crippen molar-refractivity contribution in [2.24, 2.45) is 0 Å². The van der Waals surface area contributed by atoms with Crippen molar-refractivity contribution in [1.29, 1.82) is 0 Å². The molecule has 0 bridgehead atoms. The molecule has 0 aliphatic heterocycles. The molecule has 8 nitrogen and oxygen atoms in total. The van der Waals surface area contributed by atoms with Crippen LogP contribution in [0, 0.1) is 0 Å². The second-order valence-electron chi connectivity index (χ2n) is 10.3. The fraction of sp³-hybridized carbons (Fsp3) is 0.0286. The maximum absolute atomic E-state index is 13.3. The second kappa shape index (κ2) is 11.2. The summed E-state index contributed by atoms with van der Waals surface area (Å²) in [5.74, 6) is -3.75. The van der Waals surface area contributed by atoms with Crippen molar-refractivity contribution in [3.8, 4) is 11.1 Å². The number of hydrogen-bond acceptors (Lipinski definition) is 5. The van der Waals surface area contributed by atoms with Crippen molar-refractivity contribution in [2.45, 2.75) is 5.41 Å². The van der Waals surface area contributed by atoms with Crippen molar-refractivity contribution in [3.05, 3.63) is 154 Å². The number of benzene rings is 5. The SMILES string of the molecule is O=Cc1cc(C(=O)Nc2ccc(C3(c4ccc(NP)cc4)c4ccccc4-c4ccccc43)cc2)c(C(=O)O)cc1C(=O)O. The minimum absolute atomic E-state index is 0.277. The molecule has 0 spiro atoms. The summed E-state index contributed by atoms with van der Waals surface area (Å²) < 4.78 is 0. The molecule has 44 heavy (non-hydrogen) atoms. The topological polar surface area (TPSA) is 133 Å². The molecule has 0 radical (unpaired) electrons. The monoisotopic (exact) mass is 600 g/mol. The first kappa shape index (κ1) is 28.5. The van der Waals surface area contributed by atoms with E-state index in [0.29, 0.717) is 5.69 Å². The van der Waals surface area contributed by atoms with Crippen molar-refractivity contribution < 1.29 is 29.4 Å². The number of carbonyl (C=O) groups is 4. The number of nitrogens with one attached hydrogen (secondary N) is 2. The fourth-order valence-electron chi connectivity index (χ4n) is 6.11. The number of amides is 1. The number of aromatic carboxylic acids is 2. The fourth-order valence-corrected chi connectivity index (χ4v) is 6.30. The third kappa shape index (κ3) is 4.53. The minimum atomic E-state index is -1.49. The van der Waals surface area contributed by atoms with Crippen molar-refractivity contribution in [2.75, 3.05) is 10.4 Å². The van der Waals surface area contributed by atoms with Gasteiger partial charge in [-0.2, -0.15) is 0 Å². The molecule has 1 aliphatic carbocycles. The van der Waals surface area contributed by atoms with Crippen LogP contribution in [-0.4, -0.2) is 34.3 Å². The van der Waals surface area contributed by atoms with E-state index in [1.165, 1.54) is 0 Å². The molecule has 5 aromatic carbocycles. The lowest BCUT2D eigenvalue weighted by atomic mass is 9.67. The van der Waals surface area contributed by atoms with Crippen LogP contribution in [-0.2, 0) is 5.41 Å². The second-order valence-corrected chi connectivity index (χ2v) is 10.6. The van der Waals surface area contributed by atoms with Gasteiger partial charge in [0.05, 0.1) is 22.1 Å². The number of carboxylic acid groups (broad SMARTS) is 2. The number of aldehydes is 1. The summed E-state index contributed by atoms with van der Waals surface area (Å²) in [4.78, 5) is 48.2. The van der Waals surface area contributed by atoms with E-state index in [2.05, 4.69) is 56.2 Å². The van der Waals surface area contributed by atoms with Gasteiger partial charge in [0, 0.05) is 16.9 Å². The zero-order chi connectivity index (χ0) is 31.0. The Morgan fingerprint density at radius 2 is 1.14 bits per heavy atom. The smallest absolute Gasteiger partial charge is 0.336 e. The van der Waals surface area contributed by atoms with E-state index in [1.54, 1.807) is 12.1 Å². The van der Waals surface area contributed by atoms with Crippen LogP contribution in [0.15, 0.2) is 109 Å². The normalized spacial score (nSPS) is 12.5. The van der Waals surface area contributed by atoms with Crippen LogP contribution in [0.5, 0.6) is 0 Å². The van der Waals surface area contributed by atoms with Gasteiger partial charge in [-0.05, 0) is 79.2 Å². The van der Waals surface area contributed by atoms with Gasteiger partial charge in [0.25, 0.3) is 5.91 Å². The van der Waals surface area contributed by atoms with Crippen LogP contribution >= 0.6 is 9.39 Å². The molecule has 0 saturated carbocycles. The molecule has 1 atom stereocenters. The Balaban J connectivity index is 1.44. The maximum Gasteiger partial charge on any atom is 0.336 e. The van der Waals surface area contributed by atoms with E-state index >= 15 is 0 Å². The van der Waals surface area contributed by atoms with E-state index < -0.39 is 34.4 Å². The molecule has 9 heteroatoms. The van der Waals surface area contributed by atoms with Gasteiger partial charge in [0.1, 0.15) is 0 Å². The van der Waals surface area contributed by atoms with Gasteiger partial charge in [-0.25, -0.2) is 9.59 Å². The number of hydrogen-bond donors (Lipinski definition) is 4. The zero-order valence-corrected chi connectivity index (χ0v) is 24.2. The molecule has 0 saturated heterocycles. The van der Waals surface area contributed by atoms with Crippen LogP contribution in [0.3, 0.4) is 0 Å². The molecule has 0 heterocycles. The molecule has 0 fully saturated rings. The number of rotatable bonds is 8. The molecule has 4 N–H and O–H groups in total. The average molecular weight is 601 g/mol. The van der Waals surface area contributed by atoms with Gasteiger partial charge >= 0.3 is 11.9 Å². The van der Waals surface area contributed by atoms with Gasteiger partial charge < -0.3 is 20.6 Å². The molecule has 1 amide bonds. The number of fused-ring (bicyclic) bond motifs is 3. The summed E-state index contributed by atoms with van der Waals surface area (Å²) in [5, 5.41) is 24.8. The predicted octanol–water partition coefficient (Wildman–Crippen LogP) is 6.71. The van der Waals surface area contributed by atoms with Crippen LogP contribution in [0.1, 0.15) is 63.7 Å². The Kier molecular flexibility index (Phi) is 7.29. The molecule has 1 aliphatic rings. The lowest BCUT2D eigenvalue weighted by Gasteiger charge is -2.34. The van der Waals surface area contributed by atoms with Gasteiger partial charge in [-0.15, -0.1) is 0 Å². The first-order valence-corrected chi connectivity index (χ1v) is 14.2. The highest BCUT2D eigenvalue weighted by Gasteiger charge is 2.45. The van der Waals surface area contributed by atoms with Crippen LogP contribution in [0.25, 0.3) is 11.1 Å². The number of anilines is 2. The molecular formula is C35H25N2O6P. The maximum atomic E-state index is 13.3. The van der Waals surface area contributed by atoms with E-state index in [9.17, 15) is 29.4 Å². The van der Waals surface area contributed by atoms with E-state index in [-0.39, 0.29) is 17.4 Å². The van der Waals surface area contributed by atoms with E-state index in [1.807, 2.05) is 48.5 Å². The minimum Gasteiger partial charge on any atom is -0.478 e. The lowest BCUT2D eigenvalue weighted by molar-refractivity contribution is 0.0691. The summed E-state index contributed by atoms with van der Waals surface area (Å²) in [6.45, 7) is 0. The molecule has 1 unspecified atom stereocenters. The number of carboxylic acids is 2. The Bertz CT molecular complexity index is 1920. The van der Waals surface area contributed by atoms with Gasteiger partial charge in [0.15, 0.2) is 6.29 Å². The standard InChI is InChI=1S/C35H25N2O6P/c38-19-20-17-28(29(34(42)43)18-27(20)33(40)41)32(39)36-23-13-9-21(10-14-23)35(22-11-15-24(37-44)16-12-22)30-7-3-1-5-25(30)26-6-2-4-8-31(26)35/h1-19,37H,44H2,(H,36,39)(H,40,41)(H,42,43). The summed E-state index contributed by atoms with van der Waals surface area (Å²) in [6, 6.07) is 34.0. The lowest BCUT2D eigenvalue weighted by Crippen LogP contribution is -2.28. The summed E-state index contributed by atoms with van der Waals surface area (Å²) in [6.07, 6.45) is 0.277. The average Bonchev–Trinajstić information content (AvgIpc) is 3.35. The number of carbonyl (C=O) groups excluding carboxylic acids is 2. The first-order chi connectivity index (χ1) is 21.3. The molecule has 216 valence electrons. The van der Waals surface area contributed by atoms with Crippen LogP contribution in [0.2, 0.25) is 0 Å². The predicted molar refractivity (Wildman–Crippen MR) is 171 cm³/mol.